The lowest BCUT2D eigenvalue weighted by Crippen LogP contribution is -2.25. The third-order valence-corrected chi connectivity index (χ3v) is 2.77. The Labute approximate surface area is 106 Å². The Morgan fingerprint density at radius 2 is 2.22 bits per heavy atom. The van der Waals surface area contributed by atoms with Crippen LogP contribution >= 0.6 is 0 Å². The Kier molecular flexibility index (Phi) is 3.72. The predicted molar refractivity (Wildman–Crippen MR) is 67.8 cm³/mol. The van der Waals surface area contributed by atoms with E-state index >= 15 is 0 Å². The van der Waals surface area contributed by atoms with E-state index in [1.54, 1.807) is 0 Å². The van der Waals surface area contributed by atoms with Gasteiger partial charge >= 0.3 is 0 Å². The number of H-pyrrole nitrogens is 1. The topological polar surface area (TPSA) is 70.7 Å². The van der Waals surface area contributed by atoms with Gasteiger partial charge in [-0.25, -0.2) is 4.98 Å². The van der Waals surface area contributed by atoms with Crippen LogP contribution in [-0.4, -0.2) is 21.1 Å². The fraction of sp³-hybridized carbons (Fsp3) is 0.308. The average molecular weight is 244 g/mol. The zero-order chi connectivity index (χ0) is 13.0. The average Bonchev–Trinajstić information content (AvgIpc) is 2.84. The SMILES string of the molecule is Cc1ccc(C)c(CC(=O)NCc2ncn[nH]2)c1. The highest BCUT2D eigenvalue weighted by atomic mass is 16.1. The lowest BCUT2D eigenvalue weighted by Gasteiger charge is -2.07. The zero-order valence-electron chi connectivity index (χ0n) is 10.5. The van der Waals surface area contributed by atoms with E-state index < -0.39 is 0 Å². The molecule has 94 valence electrons. The van der Waals surface area contributed by atoms with Crippen molar-refractivity contribution < 1.29 is 4.79 Å². The molecule has 0 bridgehead atoms. The van der Waals surface area contributed by atoms with Gasteiger partial charge in [0, 0.05) is 0 Å². The first-order valence-corrected chi connectivity index (χ1v) is 5.82. The van der Waals surface area contributed by atoms with Crippen LogP contribution < -0.4 is 5.32 Å². The first-order chi connectivity index (χ1) is 8.65. The van der Waals surface area contributed by atoms with E-state index in [-0.39, 0.29) is 5.91 Å². The van der Waals surface area contributed by atoms with Gasteiger partial charge in [0.05, 0.1) is 13.0 Å². The monoisotopic (exact) mass is 244 g/mol. The van der Waals surface area contributed by atoms with Gasteiger partial charge in [0.2, 0.25) is 5.91 Å². The minimum atomic E-state index is -0.0138. The number of amides is 1. The number of hydrogen-bond donors (Lipinski definition) is 2. The van der Waals surface area contributed by atoms with Crippen LogP contribution in [0.1, 0.15) is 22.5 Å². The maximum Gasteiger partial charge on any atom is 0.224 e. The molecule has 0 unspecified atom stereocenters. The second kappa shape index (κ2) is 5.44. The van der Waals surface area contributed by atoms with Gasteiger partial charge in [0.1, 0.15) is 12.2 Å². The number of aryl methyl sites for hydroxylation is 2. The van der Waals surface area contributed by atoms with Crippen molar-refractivity contribution in [3.8, 4) is 0 Å². The van der Waals surface area contributed by atoms with Crippen LogP contribution in [0.4, 0.5) is 0 Å². The molecule has 1 aromatic heterocycles. The molecule has 0 radical (unpaired) electrons. The van der Waals surface area contributed by atoms with E-state index in [9.17, 15) is 4.79 Å². The summed E-state index contributed by atoms with van der Waals surface area (Å²) in [4.78, 5) is 15.7. The second-order valence-corrected chi connectivity index (χ2v) is 4.32. The van der Waals surface area contributed by atoms with Gasteiger partial charge in [-0.05, 0) is 25.0 Å². The minimum absolute atomic E-state index is 0.0138. The Morgan fingerprint density at radius 3 is 2.94 bits per heavy atom. The summed E-state index contributed by atoms with van der Waals surface area (Å²) in [6, 6.07) is 6.13. The highest BCUT2D eigenvalue weighted by Gasteiger charge is 2.06. The molecule has 5 heteroatoms. The van der Waals surface area contributed by atoms with Crippen LogP contribution in [0.3, 0.4) is 0 Å². The van der Waals surface area contributed by atoms with E-state index in [1.165, 1.54) is 11.9 Å². The maximum absolute atomic E-state index is 11.8. The molecule has 2 N–H and O–H groups in total. The fourth-order valence-electron chi connectivity index (χ4n) is 1.72. The first kappa shape index (κ1) is 12.3. The summed E-state index contributed by atoms with van der Waals surface area (Å²) in [6.45, 7) is 4.41. The summed E-state index contributed by atoms with van der Waals surface area (Å²) in [6.07, 6.45) is 1.81. The molecule has 0 fully saturated rings. The van der Waals surface area contributed by atoms with E-state index in [0.29, 0.717) is 18.8 Å². The first-order valence-electron chi connectivity index (χ1n) is 5.82. The normalized spacial score (nSPS) is 10.3. The molecular formula is C13H16N4O. The van der Waals surface area contributed by atoms with Crippen molar-refractivity contribution in [3.05, 3.63) is 47.0 Å². The smallest absolute Gasteiger partial charge is 0.224 e. The lowest BCUT2D eigenvalue weighted by atomic mass is 10.0. The summed E-state index contributed by atoms with van der Waals surface area (Å²) in [7, 11) is 0. The maximum atomic E-state index is 11.8. The standard InChI is InChI=1S/C13H16N4O/c1-9-3-4-10(2)11(5-9)6-13(18)14-7-12-15-8-16-17-12/h3-5,8H,6-7H2,1-2H3,(H,14,18)(H,15,16,17). The molecule has 18 heavy (non-hydrogen) atoms. The van der Waals surface area contributed by atoms with Crippen LogP contribution in [0, 0.1) is 13.8 Å². The molecule has 5 nitrogen and oxygen atoms in total. The molecule has 0 atom stereocenters. The van der Waals surface area contributed by atoms with E-state index in [2.05, 4.69) is 20.5 Å². The second-order valence-electron chi connectivity index (χ2n) is 4.32. The number of carbonyl (C=O) groups excluding carboxylic acids is 1. The summed E-state index contributed by atoms with van der Waals surface area (Å²) in [5, 5.41) is 9.23. The number of rotatable bonds is 4. The molecule has 0 saturated heterocycles. The molecule has 0 saturated carbocycles. The van der Waals surface area contributed by atoms with Crippen molar-refractivity contribution in [2.75, 3.05) is 0 Å². The van der Waals surface area contributed by atoms with Gasteiger partial charge < -0.3 is 5.32 Å². The Morgan fingerprint density at radius 1 is 1.39 bits per heavy atom. The molecule has 0 aliphatic carbocycles. The van der Waals surface area contributed by atoms with Crippen molar-refractivity contribution in [1.82, 2.24) is 20.5 Å². The summed E-state index contributed by atoms with van der Waals surface area (Å²) in [5.41, 5.74) is 3.36. The molecule has 2 rings (SSSR count). The van der Waals surface area contributed by atoms with Crippen LogP contribution in [0.2, 0.25) is 0 Å². The van der Waals surface area contributed by atoms with E-state index in [1.807, 2.05) is 32.0 Å². The minimum Gasteiger partial charge on any atom is -0.349 e. The van der Waals surface area contributed by atoms with Gasteiger partial charge in [-0.15, -0.1) is 0 Å². The van der Waals surface area contributed by atoms with Gasteiger partial charge in [0.25, 0.3) is 0 Å². The van der Waals surface area contributed by atoms with Gasteiger partial charge in [-0.2, -0.15) is 5.10 Å². The van der Waals surface area contributed by atoms with Crippen molar-refractivity contribution in [3.63, 3.8) is 0 Å². The van der Waals surface area contributed by atoms with Crippen molar-refractivity contribution in [2.45, 2.75) is 26.8 Å². The third kappa shape index (κ3) is 3.16. The number of hydrogen-bond acceptors (Lipinski definition) is 3. The number of nitrogens with zero attached hydrogens (tertiary/aromatic N) is 2. The van der Waals surface area contributed by atoms with Crippen LogP contribution in [-0.2, 0) is 17.8 Å². The Balaban J connectivity index is 1.92. The van der Waals surface area contributed by atoms with Gasteiger partial charge in [0.15, 0.2) is 0 Å². The summed E-state index contributed by atoms with van der Waals surface area (Å²) >= 11 is 0. The quantitative estimate of drug-likeness (QED) is 0.851. The molecule has 0 aliphatic heterocycles. The lowest BCUT2D eigenvalue weighted by molar-refractivity contribution is -0.120. The zero-order valence-corrected chi connectivity index (χ0v) is 10.5. The summed E-state index contributed by atoms with van der Waals surface area (Å²) < 4.78 is 0. The van der Waals surface area contributed by atoms with Crippen molar-refractivity contribution in [1.29, 1.82) is 0 Å². The molecule has 1 heterocycles. The third-order valence-electron chi connectivity index (χ3n) is 2.77. The largest absolute Gasteiger partial charge is 0.349 e. The van der Waals surface area contributed by atoms with Gasteiger partial charge in [-0.1, -0.05) is 23.8 Å². The van der Waals surface area contributed by atoms with Gasteiger partial charge in [-0.3, -0.25) is 9.89 Å². The molecule has 1 amide bonds. The number of nitrogens with one attached hydrogen (secondary N) is 2. The molecule has 2 aromatic rings. The van der Waals surface area contributed by atoms with Crippen molar-refractivity contribution in [2.24, 2.45) is 0 Å². The number of aromatic amines is 1. The van der Waals surface area contributed by atoms with Crippen molar-refractivity contribution >= 4 is 5.91 Å². The van der Waals surface area contributed by atoms with Crippen LogP contribution in [0.5, 0.6) is 0 Å². The van der Waals surface area contributed by atoms with Crippen LogP contribution in [0.25, 0.3) is 0 Å². The predicted octanol–water partition coefficient (Wildman–Crippen LogP) is 1.28. The highest BCUT2D eigenvalue weighted by Crippen LogP contribution is 2.11. The van der Waals surface area contributed by atoms with E-state index in [4.69, 9.17) is 0 Å². The molecule has 1 aromatic carbocycles. The molecular weight excluding hydrogens is 228 g/mol. The number of carbonyl (C=O) groups is 1. The Bertz CT molecular complexity index is 534. The van der Waals surface area contributed by atoms with Crippen LogP contribution in [0.15, 0.2) is 24.5 Å². The molecule has 0 spiro atoms. The molecule has 0 aliphatic rings. The highest BCUT2D eigenvalue weighted by molar-refractivity contribution is 5.78. The van der Waals surface area contributed by atoms with E-state index in [0.717, 1.165) is 11.1 Å². The number of benzene rings is 1. The fourth-order valence-corrected chi connectivity index (χ4v) is 1.72. The number of aromatic nitrogens is 3. The summed E-state index contributed by atoms with van der Waals surface area (Å²) in [5.74, 6) is 0.643. The Hall–Kier alpha value is -2.17.